The molecule has 2 aliphatic rings. The molecule has 1 unspecified atom stereocenters. The Hall–Kier alpha value is -8.72. The van der Waals surface area contributed by atoms with Crippen LogP contribution >= 0.6 is 0 Å². The highest BCUT2D eigenvalue weighted by atomic mass is 16.3. The topological polar surface area (TPSA) is 16.4 Å². The number of hydrogen-bond acceptors (Lipinski definition) is 2. The Morgan fingerprint density at radius 1 is 0.279 bits per heavy atom. The molecule has 1 aromatic heterocycles. The molecule has 0 spiro atoms. The van der Waals surface area contributed by atoms with Crippen LogP contribution in [-0.4, -0.2) is 0 Å². The molecule has 0 saturated carbocycles. The molecule has 11 aromatic carbocycles. The van der Waals surface area contributed by atoms with Crippen molar-refractivity contribution in [3.8, 4) is 22.3 Å². The van der Waals surface area contributed by atoms with Crippen molar-refractivity contribution in [1.82, 2.24) is 0 Å². The van der Waals surface area contributed by atoms with Crippen molar-refractivity contribution < 1.29 is 4.42 Å². The first-order chi connectivity index (χ1) is 33.7. The first-order valence-corrected chi connectivity index (χ1v) is 23.6. The summed E-state index contributed by atoms with van der Waals surface area (Å²) in [6.07, 6.45) is 0. The van der Waals surface area contributed by atoms with E-state index in [0.29, 0.717) is 0 Å². The van der Waals surface area contributed by atoms with E-state index in [0.717, 1.165) is 39.0 Å². The lowest BCUT2D eigenvalue weighted by atomic mass is 9.67. The third-order valence-corrected chi connectivity index (χ3v) is 15.0. The number of nitrogens with zero attached hydrogens (tertiary/aromatic N) is 1. The van der Waals surface area contributed by atoms with Gasteiger partial charge >= 0.3 is 0 Å². The molecule has 2 nitrogen and oxygen atoms in total. The smallest absolute Gasteiger partial charge is 0.136 e. The third kappa shape index (κ3) is 5.34. The molecular formula is C66H43NO. The van der Waals surface area contributed by atoms with Gasteiger partial charge < -0.3 is 9.32 Å². The van der Waals surface area contributed by atoms with Crippen LogP contribution in [0.1, 0.15) is 44.5 Å². The Balaban J connectivity index is 1.02. The molecule has 0 aliphatic heterocycles. The van der Waals surface area contributed by atoms with Crippen molar-refractivity contribution in [2.75, 3.05) is 4.90 Å². The Kier molecular flexibility index (Phi) is 8.45. The van der Waals surface area contributed by atoms with Gasteiger partial charge in [-0.05, 0) is 126 Å². The van der Waals surface area contributed by atoms with Crippen LogP contribution in [-0.2, 0) is 10.8 Å². The van der Waals surface area contributed by atoms with Gasteiger partial charge in [-0.15, -0.1) is 0 Å². The van der Waals surface area contributed by atoms with E-state index in [9.17, 15) is 0 Å². The van der Waals surface area contributed by atoms with Crippen LogP contribution in [0.5, 0.6) is 0 Å². The number of fused-ring (bicyclic) bond motifs is 11. The summed E-state index contributed by atoms with van der Waals surface area (Å²) in [4.78, 5) is 2.45. The highest BCUT2D eigenvalue weighted by molar-refractivity contribution is 6.19. The molecule has 68 heavy (non-hydrogen) atoms. The molecular weight excluding hydrogens is 823 g/mol. The molecule has 0 radical (unpaired) electrons. The van der Waals surface area contributed by atoms with Crippen LogP contribution < -0.4 is 4.90 Å². The average Bonchev–Trinajstić information content (AvgIpc) is 4.04. The molecule has 14 rings (SSSR count). The van der Waals surface area contributed by atoms with Gasteiger partial charge in [0.05, 0.1) is 10.8 Å². The van der Waals surface area contributed by atoms with Crippen LogP contribution in [0.3, 0.4) is 0 Å². The van der Waals surface area contributed by atoms with Crippen molar-refractivity contribution in [2.45, 2.75) is 10.8 Å². The van der Waals surface area contributed by atoms with E-state index < -0.39 is 10.8 Å². The highest BCUT2D eigenvalue weighted by Gasteiger charge is 2.48. The SMILES string of the molecule is c1ccc(N(c2ccc3c(c2)C(c2ccccc2)(c2ccccc2)c2ccccc2-3)c2ccc3c(c2)C(c2ccccc2)(c2ccc4c(c2)oc2ccc5ccccc5c24)c2ccccc2-3)cc1. The summed E-state index contributed by atoms with van der Waals surface area (Å²) >= 11 is 0. The first kappa shape index (κ1) is 38.5. The highest BCUT2D eigenvalue weighted by Crippen LogP contribution is 2.60. The summed E-state index contributed by atoms with van der Waals surface area (Å²) in [6, 6.07) is 96.2. The second-order valence-electron chi connectivity index (χ2n) is 18.3. The van der Waals surface area contributed by atoms with Crippen molar-refractivity contribution in [2.24, 2.45) is 0 Å². The summed E-state index contributed by atoms with van der Waals surface area (Å²) < 4.78 is 6.83. The Morgan fingerprint density at radius 3 is 1.32 bits per heavy atom. The summed E-state index contributed by atoms with van der Waals surface area (Å²) in [6.45, 7) is 0. The van der Waals surface area contributed by atoms with Crippen LogP contribution in [0.15, 0.2) is 265 Å². The molecule has 12 aromatic rings. The van der Waals surface area contributed by atoms with Gasteiger partial charge in [-0.1, -0.05) is 212 Å². The monoisotopic (exact) mass is 865 g/mol. The number of benzene rings is 11. The molecule has 2 aliphatic carbocycles. The predicted octanol–water partition coefficient (Wildman–Crippen LogP) is 16.9. The van der Waals surface area contributed by atoms with Gasteiger partial charge in [0.2, 0.25) is 0 Å². The number of rotatable bonds is 7. The zero-order valence-corrected chi connectivity index (χ0v) is 37.2. The van der Waals surface area contributed by atoms with Gasteiger partial charge in [-0.2, -0.15) is 0 Å². The lowest BCUT2D eigenvalue weighted by molar-refractivity contribution is 0.666. The van der Waals surface area contributed by atoms with Gasteiger partial charge in [0.1, 0.15) is 11.2 Å². The van der Waals surface area contributed by atoms with E-state index in [1.807, 2.05) is 0 Å². The normalized spacial score (nSPS) is 15.2. The minimum absolute atomic E-state index is 0.531. The van der Waals surface area contributed by atoms with Crippen LogP contribution in [0.25, 0.3) is 55.0 Å². The summed E-state index contributed by atoms with van der Waals surface area (Å²) in [7, 11) is 0. The van der Waals surface area contributed by atoms with Crippen molar-refractivity contribution >= 4 is 49.8 Å². The van der Waals surface area contributed by atoms with Gasteiger partial charge in [0, 0.05) is 27.8 Å². The minimum atomic E-state index is -0.657. The maximum absolute atomic E-state index is 6.83. The fourth-order valence-corrected chi connectivity index (χ4v) is 12.3. The number of hydrogen-bond donors (Lipinski definition) is 0. The number of para-hydroxylation sites is 1. The van der Waals surface area contributed by atoms with E-state index in [1.54, 1.807) is 0 Å². The Labute approximate surface area is 395 Å². The molecule has 1 atom stereocenters. The lowest BCUT2D eigenvalue weighted by Gasteiger charge is -2.36. The Bertz CT molecular complexity index is 3870. The molecule has 2 heteroatoms. The largest absolute Gasteiger partial charge is 0.456 e. The second-order valence-corrected chi connectivity index (χ2v) is 18.3. The summed E-state index contributed by atoms with van der Waals surface area (Å²) in [5, 5.41) is 4.70. The number of anilines is 3. The van der Waals surface area contributed by atoms with Crippen molar-refractivity contribution in [3.63, 3.8) is 0 Å². The van der Waals surface area contributed by atoms with Crippen LogP contribution in [0.2, 0.25) is 0 Å². The quantitative estimate of drug-likeness (QED) is 0.159. The zero-order chi connectivity index (χ0) is 44.8. The molecule has 0 saturated heterocycles. The molecule has 0 fully saturated rings. The van der Waals surface area contributed by atoms with Gasteiger partial charge in [0.15, 0.2) is 0 Å². The first-order valence-electron chi connectivity index (χ1n) is 23.6. The molecule has 0 bridgehead atoms. The van der Waals surface area contributed by atoms with Gasteiger partial charge in [-0.25, -0.2) is 0 Å². The van der Waals surface area contributed by atoms with E-state index in [1.165, 1.54) is 77.5 Å². The fraction of sp³-hybridized carbons (Fsp3) is 0.0303. The summed E-state index contributed by atoms with van der Waals surface area (Å²) in [5.41, 5.74) is 18.8. The van der Waals surface area contributed by atoms with Crippen molar-refractivity contribution in [3.05, 3.63) is 305 Å². The maximum atomic E-state index is 6.83. The standard InChI is InChI=1S/C66H43NO/c1-5-20-45(21-6-1)65(46-22-7-2-8-23-46)58-31-17-15-29-53(58)55-38-35-50(42-60(55)65)67(49-26-11-4-12-27-49)51-36-39-56-54-30-16-18-32-59(54)66(61(56)43-51,47-24-9-3-10-25-47)48-34-37-57-63(41-48)68-62-40-33-44-19-13-14-28-52(44)64(57)62/h1-43H. The average molecular weight is 866 g/mol. The van der Waals surface area contributed by atoms with Crippen LogP contribution in [0.4, 0.5) is 17.1 Å². The lowest BCUT2D eigenvalue weighted by Crippen LogP contribution is -2.29. The molecule has 0 amide bonds. The third-order valence-electron chi connectivity index (χ3n) is 15.0. The zero-order valence-electron chi connectivity index (χ0n) is 37.2. The molecule has 0 N–H and O–H groups in total. The summed E-state index contributed by atoms with van der Waals surface area (Å²) in [5.74, 6) is 0. The van der Waals surface area contributed by atoms with E-state index >= 15 is 0 Å². The second kappa shape index (κ2) is 14.9. The van der Waals surface area contributed by atoms with Crippen molar-refractivity contribution in [1.29, 1.82) is 0 Å². The van der Waals surface area contributed by atoms with Gasteiger partial charge in [0.25, 0.3) is 0 Å². The number of furan rings is 1. The molecule has 1 heterocycles. The maximum Gasteiger partial charge on any atom is 0.136 e. The minimum Gasteiger partial charge on any atom is -0.456 e. The van der Waals surface area contributed by atoms with E-state index in [2.05, 4.69) is 266 Å². The predicted molar refractivity (Wildman–Crippen MR) is 281 cm³/mol. The van der Waals surface area contributed by atoms with Gasteiger partial charge in [-0.3, -0.25) is 0 Å². The Morgan fingerprint density at radius 2 is 0.750 bits per heavy atom. The van der Waals surface area contributed by atoms with Crippen LogP contribution in [0, 0.1) is 0 Å². The molecule has 318 valence electrons. The fourth-order valence-electron chi connectivity index (χ4n) is 12.3. The van der Waals surface area contributed by atoms with E-state index in [-0.39, 0.29) is 0 Å². The van der Waals surface area contributed by atoms with E-state index in [4.69, 9.17) is 4.42 Å².